The highest BCUT2D eigenvalue weighted by atomic mass is 16.2. The largest absolute Gasteiger partial charge is 0.352 e. The summed E-state index contributed by atoms with van der Waals surface area (Å²) in [6, 6.07) is 12.0. The van der Waals surface area contributed by atoms with Crippen LogP contribution >= 0.6 is 0 Å². The van der Waals surface area contributed by atoms with Crippen molar-refractivity contribution >= 4 is 16.8 Å². The lowest BCUT2D eigenvalue weighted by Gasteiger charge is -2.26. The molecule has 0 unspecified atom stereocenters. The molecule has 2 aromatic carbocycles. The fourth-order valence-electron chi connectivity index (χ4n) is 2.89. The van der Waals surface area contributed by atoms with E-state index in [1.54, 1.807) is 0 Å². The van der Waals surface area contributed by atoms with Gasteiger partial charge in [0.25, 0.3) is 0 Å². The molecule has 0 aromatic heterocycles. The van der Waals surface area contributed by atoms with E-state index in [4.69, 9.17) is 5.73 Å². The van der Waals surface area contributed by atoms with E-state index in [0.717, 1.165) is 12.0 Å². The summed E-state index contributed by atoms with van der Waals surface area (Å²) in [7, 11) is 0. The molecule has 1 aliphatic rings. The van der Waals surface area contributed by atoms with Crippen LogP contribution in [0, 0.1) is 0 Å². The number of urea groups is 1. The number of carbonyl (C=O) groups is 1. The van der Waals surface area contributed by atoms with Crippen LogP contribution < -0.4 is 11.1 Å². The lowest BCUT2D eigenvalue weighted by Crippen LogP contribution is -2.45. The Labute approximate surface area is 99.6 Å². The molecule has 17 heavy (non-hydrogen) atoms. The molecule has 0 saturated carbocycles. The van der Waals surface area contributed by atoms with Gasteiger partial charge in [0.15, 0.2) is 0 Å². The number of primary amides is 1. The molecule has 0 fully saturated rings. The number of hydrogen-bond acceptors (Lipinski definition) is 1. The maximum absolute atomic E-state index is 11.1. The predicted octanol–water partition coefficient (Wildman–Crippen LogP) is 2.28. The average molecular weight is 226 g/mol. The summed E-state index contributed by atoms with van der Waals surface area (Å²) < 4.78 is 0. The van der Waals surface area contributed by atoms with Gasteiger partial charge < -0.3 is 11.1 Å². The Hall–Kier alpha value is -2.03. The van der Waals surface area contributed by atoms with Gasteiger partial charge in [0.2, 0.25) is 0 Å². The highest BCUT2D eigenvalue weighted by Gasteiger charge is 2.35. The Morgan fingerprint density at radius 1 is 1.29 bits per heavy atom. The normalized spacial score (nSPS) is 21.7. The minimum atomic E-state index is -0.475. The van der Waals surface area contributed by atoms with Crippen LogP contribution in [0.4, 0.5) is 4.79 Å². The zero-order chi connectivity index (χ0) is 12.0. The molecule has 2 aromatic rings. The molecule has 0 saturated heterocycles. The van der Waals surface area contributed by atoms with Crippen LogP contribution in [0.1, 0.15) is 18.1 Å². The van der Waals surface area contributed by atoms with E-state index in [2.05, 4.69) is 35.6 Å². The van der Waals surface area contributed by atoms with Crippen molar-refractivity contribution in [3.05, 3.63) is 47.5 Å². The van der Waals surface area contributed by atoms with Crippen LogP contribution in [-0.2, 0) is 12.0 Å². The third kappa shape index (κ3) is 1.39. The van der Waals surface area contributed by atoms with Gasteiger partial charge in [-0.05, 0) is 28.8 Å². The quantitative estimate of drug-likeness (QED) is 0.770. The summed E-state index contributed by atoms with van der Waals surface area (Å²) in [4.78, 5) is 11.1. The summed E-state index contributed by atoms with van der Waals surface area (Å²) in [5, 5.41) is 5.34. The number of nitrogens with two attached hydrogens (primary N) is 1. The molecule has 0 heterocycles. The van der Waals surface area contributed by atoms with Crippen molar-refractivity contribution in [3.8, 4) is 0 Å². The molecule has 3 nitrogen and oxygen atoms in total. The van der Waals surface area contributed by atoms with Crippen molar-refractivity contribution in [2.24, 2.45) is 5.73 Å². The van der Waals surface area contributed by atoms with E-state index in [0.29, 0.717) is 0 Å². The van der Waals surface area contributed by atoms with Gasteiger partial charge in [0.1, 0.15) is 0 Å². The molecule has 1 atom stereocenters. The van der Waals surface area contributed by atoms with E-state index >= 15 is 0 Å². The van der Waals surface area contributed by atoms with Crippen LogP contribution in [0.2, 0.25) is 0 Å². The van der Waals surface area contributed by atoms with E-state index in [9.17, 15) is 4.79 Å². The molecule has 0 spiro atoms. The van der Waals surface area contributed by atoms with Gasteiger partial charge in [-0.15, -0.1) is 0 Å². The SMILES string of the molecule is C[C@@]1(NC(N)=O)Cc2cccc3cccc1c23. The predicted molar refractivity (Wildman–Crippen MR) is 67.7 cm³/mol. The number of hydrogen-bond donors (Lipinski definition) is 2. The zero-order valence-electron chi connectivity index (χ0n) is 9.66. The molecule has 86 valence electrons. The van der Waals surface area contributed by atoms with Crippen LogP contribution in [0.15, 0.2) is 36.4 Å². The maximum atomic E-state index is 11.1. The Kier molecular flexibility index (Phi) is 1.93. The fraction of sp³-hybridized carbons (Fsp3) is 0.214. The second kappa shape index (κ2) is 3.23. The molecular weight excluding hydrogens is 212 g/mol. The first-order valence-corrected chi connectivity index (χ1v) is 5.69. The fourth-order valence-corrected chi connectivity index (χ4v) is 2.89. The van der Waals surface area contributed by atoms with Crippen LogP contribution in [0.25, 0.3) is 10.8 Å². The average Bonchev–Trinajstić information content (AvgIpc) is 2.54. The molecule has 3 heteroatoms. The molecule has 0 radical (unpaired) electrons. The van der Waals surface area contributed by atoms with Crippen molar-refractivity contribution in [1.29, 1.82) is 0 Å². The van der Waals surface area contributed by atoms with Crippen molar-refractivity contribution in [1.82, 2.24) is 5.32 Å². The highest BCUT2D eigenvalue weighted by molar-refractivity contribution is 5.92. The summed E-state index contributed by atoms with van der Waals surface area (Å²) in [5.41, 5.74) is 7.32. The van der Waals surface area contributed by atoms with Crippen molar-refractivity contribution in [2.75, 3.05) is 0 Å². The number of rotatable bonds is 1. The number of carbonyl (C=O) groups excluding carboxylic acids is 1. The number of nitrogens with one attached hydrogen (secondary N) is 1. The summed E-state index contributed by atoms with van der Waals surface area (Å²) in [6.45, 7) is 2.02. The molecular formula is C14H14N2O. The van der Waals surface area contributed by atoms with Gasteiger partial charge in [-0.1, -0.05) is 36.4 Å². The van der Waals surface area contributed by atoms with E-state index < -0.39 is 6.03 Å². The van der Waals surface area contributed by atoms with Gasteiger partial charge in [0.05, 0.1) is 5.54 Å². The standard InChI is InChI=1S/C14H14N2O/c1-14(16-13(15)17)8-10-6-2-4-9-5-3-7-11(14)12(9)10/h2-7H,8H2,1H3,(H3,15,16,17)/t14-/m1/s1. The maximum Gasteiger partial charge on any atom is 0.312 e. The Morgan fingerprint density at radius 2 is 2.00 bits per heavy atom. The van der Waals surface area contributed by atoms with Gasteiger partial charge in [-0.3, -0.25) is 0 Å². The minimum Gasteiger partial charge on any atom is -0.352 e. The lowest BCUT2D eigenvalue weighted by molar-refractivity contribution is 0.236. The van der Waals surface area contributed by atoms with Gasteiger partial charge in [0, 0.05) is 6.42 Å². The second-order valence-corrected chi connectivity index (χ2v) is 4.82. The Bertz CT molecular complexity index is 615. The van der Waals surface area contributed by atoms with Gasteiger partial charge in [-0.2, -0.15) is 0 Å². The molecule has 2 amide bonds. The van der Waals surface area contributed by atoms with Gasteiger partial charge in [-0.25, -0.2) is 4.79 Å². The minimum absolute atomic E-state index is 0.380. The molecule has 0 bridgehead atoms. The van der Waals surface area contributed by atoms with Crippen molar-refractivity contribution in [3.63, 3.8) is 0 Å². The Balaban J connectivity index is 2.25. The number of benzene rings is 2. The van der Waals surface area contributed by atoms with E-state index in [1.807, 2.05) is 13.0 Å². The highest BCUT2D eigenvalue weighted by Crippen LogP contribution is 2.40. The van der Waals surface area contributed by atoms with Crippen LogP contribution in [0.5, 0.6) is 0 Å². The smallest absolute Gasteiger partial charge is 0.312 e. The van der Waals surface area contributed by atoms with Gasteiger partial charge >= 0.3 is 6.03 Å². The topological polar surface area (TPSA) is 55.1 Å². The van der Waals surface area contributed by atoms with Crippen molar-refractivity contribution < 1.29 is 4.79 Å². The summed E-state index contributed by atoms with van der Waals surface area (Å²) >= 11 is 0. The van der Waals surface area contributed by atoms with Crippen LogP contribution in [-0.4, -0.2) is 6.03 Å². The monoisotopic (exact) mass is 226 g/mol. The van der Waals surface area contributed by atoms with E-state index in [-0.39, 0.29) is 5.54 Å². The zero-order valence-corrected chi connectivity index (χ0v) is 9.66. The number of amides is 2. The third-order valence-electron chi connectivity index (χ3n) is 3.53. The van der Waals surface area contributed by atoms with E-state index in [1.165, 1.54) is 16.3 Å². The van der Waals surface area contributed by atoms with Crippen LogP contribution in [0.3, 0.4) is 0 Å². The first-order valence-electron chi connectivity index (χ1n) is 5.69. The molecule has 0 aliphatic heterocycles. The Morgan fingerprint density at radius 3 is 2.71 bits per heavy atom. The lowest BCUT2D eigenvalue weighted by atomic mass is 9.93. The second-order valence-electron chi connectivity index (χ2n) is 4.82. The summed E-state index contributed by atoms with van der Waals surface area (Å²) in [5.74, 6) is 0. The first-order chi connectivity index (χ1) is 8.10. The molecule has 1 aliphatic carbocycles. The first kappa shape index (κ1) is 10.1. The molecule has 3 N–H and O–H groups in total. The van der Waals surface area contributed by atoms with Crippen molar-refractivity contribution in [2.45, 2.75) is 18.9 Å². The molecule has 3 rings (SSSR count). The third-order valence-corrected chi connectivity index (χ3v) is 3.53. The summed E-state index contributed by atoms with van der Waals surface area (Å²) in [6.07, 6.45) is 0.798.